The normalized spacial score (nSPS) is 10.9. The zero-order chi connectivity index (χ0) is 19.9. The lowest BCUT2D eigenvalue weighted by atomic mass is 10.1. The summed E-state index contributed by atoms with van der Waals surface area (Å²) >= 11 is 1.62. The summed E-state index contributed by atoms with van der Waals surface area (Å²) in [5.41, 5.74) is 3.33. The second-order valence-electron chi connectivity index (χ2n) is 6.33. The van der Waals surface area contributed by atoms with Crippen LogP contribution in [-0.2, 0) is 0 Å². The molecule has 148 valence electrons. The molecule has 0 spiro atoms. The lowest BCUT2D eigenvalue weighted by Crippen LogP contribution is -2.17. The molecular weight excluding hydrogens is 376 g/mol. The summed E-state index contributed by atoms with van der Waals surface area (Å²) in [6, 6.07) is 2.28. The highest BCUT2D eigenvalue weighted by Crippen LogP contribution is 2.36. The van der Waals surface area contributed by atoms with E-state index in [-0.39, 0.29) is 6.01 Å². The van der Waals surface area contributed by atoms with Crippen LogP contribution in [0.1, 0.15) is 6.42 Å². The summed E-state index contributed by atoms with van der Waals surface area (Å²) in [7, 11) is 7.20. The van der Waals surface area contributed by atoms with Crippen LogP contribution in [0.5, 0.6) is 11.9 Å². The van der Waals surface area contributed by atoms with Gasteiger partial charge in [-0.15, -0.1) is 0 Å². The minimum atomic E-state index is 0.244. The molecular formula is C19H24N6O2S. The van der Waals surface area contributed by atoms with Gasteiger partial charge in [0.05, 0.1) is 25.5 Å². The van der Waals surface area contributed by atoms with Crippen LogP contribution < -0.4 is 14.8 Å². The van der Waals surface area contributed by atoms with Crippen molar-refractivity contribution in [2.24, 2.45) is 0 Å². The molecule has 8 nitrogen and oxygen atoms in total. The van der Waals surface area contributed by atoms with Crippen LogP contribution in [0, 0.1) is 0 Å². The maximum Gasteiger partial charge on any atom is 0.319 e. The number of ether oxygens (including phenoxy) is 2. The lowest BCUT2D eigenvalue weighted by molar-refractivity contribution is 0.353. The van der Waals surface area contributed by atoms with Crippen molar-refractivity contribution in [1.82, 2.24) is 24.8 Å². The minimum absolute atomic E-state index is 0.244. The maximum atomic E-state index is 5.46. The largest absolute Gasteiger partial charge is 0.480 e. The second kappa shape index (κ2) is 9.43. The fourth-order valence-corrected chi connectivity index (χ4v) is 3.32. The Balaban J connectivity index is 1.98. The highest BCUT2D eigenvalue weighted by Gasteiger charge is 2.18. The highest BCUT2D eigenvalue weighted by molar-refractivity contribution is 7.08. The third-order valence-electron chi connectivity index (χ3n) is 4.05. The molecule has 0 saturated heterocycles. The van der Waals surface area contributed by atoms with Crippen molar-refractivity contribution >= 4 is 17.3 Å². The SMILES string of the molecule is COc1ncc(-c2nc(NCCCN(C)C)ncc2-c2ccsc2)c(OC)n1. The molecule has 0 bridgehead atoms. The smallest absolute Gasteiger partial charge is 0.319 e. The molecule has 9 heteroatoms. The van der Waals surface area contributed by atoms with Gasteiger partial charge in [-0.05, 0) is 49.5 Å². The predicted molar refractivity (Wildman–Crippen MR) is 111 cm³/mol. The van der Waals surface area contributed by atoms with Gasteiger partial charge >= 0.3 is 6.01 Å². The molecule has 0 unspecified atom stereocenters. The topological polar surface area (TPSA) is 85.3 Å². The van der Waals surface area contributed by atoms with Gasteiger partial charge in [-0.1, -0.05) is 0 Å². The first-order valence-corrected chi connectivity index (χ1v) is 9.80. The van der Waals surface area contributed by atoms with E-state index in [9.17, 15) is 0 Å². The van der Waals surface area contributed by atoms with E-state index in [0.29, 0.717) is 23.1 Å². The van der Waals surface area contributed by atoms with Crippen LogP contribution >= 0.6 is 11.3 Å². The molecule has 0 fully saturated rings. The molecule has 0 aliphatic carbocycles. The van der Waals surface area contributed by atoms with E-state index in [1.54, 1.807) is 24.6 Å². The molecule has 3 rings (SSSR count). The summed E-state index contributed by atoms with van der Waals surface area (Å²) in [5, 5.41) is 7.37. The number of nitrogens with one attached hydrogen (secondary N) is 1. The van der Waals surface area contributed by atoms with Crippen LogP contribution in [0.2, 0.25) is 0 Å². The van der Waals surface area contributed by atoms with Gasteiger partial charge in [0.2, 0.25) is 11.8 Å². The number of nitrogens with zero attached hydrogens (tertiary/aromatic N) is 5. The fraction of sp³-hybridized carbons (Fsp3) is 0.368. The monoisotopic (exact) mass is 400 g/mol. The highest BCUT2D eigenvalue weighted by atomic mass is 32.1. The Morgan fingerprint density at radius 1 is 1.07 bits per heavy atom. The van der Waals surface area contributed by atoms with Crippen molar-refractivity contribution in [3.63, 3.8) is 0 Å². The van der Waals surface area contributed by atoms with Gasteiger partial charge in [0.1, 0.15) is 0 Å². The molecule has 0 amide bonds. The number of rotatable bonds is 9. The maximum absolute atomic E-state index is 5.46. The zero-order valence-electron chi connectivity index (χ0n) is 16.5. The third kappa shape index (κ3) is 4.73. The average Bonchev–Trinajstić information content (AvgIpc) is 3.25. The van der Waals surface area contributed by atoms with Crippen molar-refractivity contribution in [3.05, 3.63) is 29.2 Å². The van der Waals surface area contributed by atoms with E-state index in [1.807, 2.05) is 17.6 Å². The van der Waals surface area contributed by atoms with Crippen molar-refractivity contribution in [2.75, 3.05) is 46.7 Å². The van der Waals surface area contributed by atoms with Gasteiger partial charge in [-0.3, -0.25) is 0 Å². The molecule has 3 aromatic heterocycles. The van der Waals surface area contributed by atoms with Gasteiger partial charge in [0.25, 0.3) is 0 Å². The van der Waals surface area contributed by atoms with E-state index >= 15 is 0 Å². The Labute approximate surface area is 168 Å². The second-order valence-corrected chi connectivity index (χ2v) is 7.11. The van der Waals surface area contributed by atoms with Gasteiger partial charge in [0, 0.05) is 24.5 Å². The summed E-state index contributed by atoms with van der Waals surface area (Å²) in [4.78, 5) is 19.9. The third-order valence-corrected chi connectivity index (χ3v) is 4.73. The van der Waals surface area contributed by atoms with E-state index in [4.69, 9.17) is 14.5 Å². The number of hydrogen-bond donors (Lipinski definition) is 1. The standard InChI is InChI=1S/C19H24N6O2S/c1-25(2)8-5-7-20-18-21-10-14(13-6-9-28-12-13)16(23-18)15-11-22-19(27-4)24-17(15)26-3/h6,9-12H,5,7-8H2,1-4H3,(H,20,21,23). The van der Waals surface area contributed by atoms with E-state index < -0.39 is 0 Å². The molecule has 0 atom stereocenters. The molecule has 0 aromatic carbocycles. The lowest BCUT2D eigenvalue weighted by Gasteiger charge is -2.14. The van der Waals surface area contributed by atoms with E-state index in [2.05, 4.69) is 44.6 Å². The Bertz CT molecular complexity index is 901. The quantitative estimate of drug-likeness (QED) is 0.549. The van der Waals surface area contributed by atoms with Gasteiger partial charge < -0.3 is 19.7 Å². The number of aromatic nitrogens is 4. The van der Waals surface area contributed by atoms with Gasteiger partial charge in [-0.2, -0.15) is 16.3 Å². The Morgan fingerprint density at radius 2 is 1.89 bits per heavy atom. The molecule has 1 N–H and O–H groups in total. The average molecular weight is 401 g/mol. The number of hydrogen-bond acceptors (Lipinski definition) is 9. The van der Waals surface area contributed by atoms with Crippen LogP contribution in [-0.4, -0.2) is 66.2 Å². The Kier molecular flexibility index (Phi) is 6.72. The predicted octanol–water partition coefficient (Wildman–Crippen LogP) is 3.04. The number of thiophene rings is 1. The van der Waals surface area contributed by atoms with Crippen molar-refractivity contribution in [1.29, 1.82) is 0 Å². The van der Waals surface area contributed by atoms with Crippen LogP contribution in [0.25, 0.3) is 22.4 Å². The van der Waals surface area contributed by atoms with E-state index in [1.165, 1.54) is 7.11 Å². The van der Waals surface area contributed by atoms with E-state index in [0.717, 1.165) is 30.6 Å². The first kappa shape index (κ1) is 20.0. The first-order chi connectivity index (χ1) is 13.6. The summed E-state index contributed by atoms with van der Waals surface area (Å²) < 4.78 is 10.6. The van der Waals surface area contributed by atoms with Crippen LogP contribution in [0.15, 0.2) is 29.2 Å². The Morgan fingerprint density at radius 3 is 2.57 bits per heavy atom. The first-order valence-electron chi connectivity index (χ1n) is 8.86. The molecule has 3 heterocycles. The van der Waals surface area contributed by atoms with Crippen molar-refractivity contribution in [2.45, 2.75) is 6.42 Å². The summed E-state index contributed by atoms with van der Waals surface area (Å²) in [5.74, 6) is 0.964. The molecule has 0 saturated carbocycles. The zero-order valence-corrected chi connectivity index (χ0v) is 17.3. The van der Waals surface area contributed by atoms with Crippen LogP contribution in [0.3, 0.4) is 0 Å². The van der Waals surface area contributed by atoms with Gasteiger partial charge in [0.15, 0.2) is 0 Å². The fourth-order valence-electron chi connectivity index (χ4n) is 2.66. The molecule has 0 aliphatic rings. The minimum Gasteiger partial charge on any atom is -0.480 e. The van der Waals surface area contributed by atoms with Crippen molar-refractivity contribution < 1.29 is 9.47 Å². The molecule has 0 radical (unpaired) electrons. The molecule has 28 heavy (non-hydrogen) atoms. The molecule has 0 aliphatic heterocycles. The number of methoxy groups -OCH3 is 2. The molecule has 3 aromatic rings. The summed E-state index contributed by atoms with van der Waals surface area (Å²) in [6.45, 7) is 1.78. The van der Waals surface area contributed by atoms with Crippen molar-refractivity contribution in [3.8, 4) is 34.3 Å². The Hall–Kier alpha value is -2.78. The number of anilines is 1. The van der Waals surface area contributed by atoms with Crippen LogP contribution in [0.4, 0.5) is 5.95 Å². The van der Waals surface area contributed by atoms with Gasteiger partial charge in [-0.25, -0.2) is 15.0 Å². The summed E-state index contributed by atoms with van der Waals surface area (Å²) in [6.07, 6.45) is 4.48.